The molecule has 2 heterocycles. The standard InChI is InChI=1S/C17H30N2O2S.C4H4O4/c1-4-5-14-15-7-6-12(2)18-17(15)8-13-9-19(10-16(13)14)11-22(3,20)21;5-3(6)1-2-4(7)8/h12-16H,4-11H2,1-3H3;1-2H,(H,5,6)(H,7,8)/b;2-1-. The summed E-state index contributed by atoms with van der Waals surface area (Å²) in [5, 5.41) is 15.6. The summed E-state index contributed by atoms with van der Waals surface area (Å²) in [4.78, 5) is 26.3. The SMILES string of the molecule is CCCC1C2CCC(C)N=C2CC2CN(CS(C)(=O)=O)CC21.O=C(O)/C=C\C(=O)O. The Kier molecular flexibility index (Phi) is 8.61. The van der Waals surface area contributed by atoms with Gasteiger partial charge in [-0.1, -0.05) is 13.3 Å². The van der Waals surface area contributed by atoms with Crippen molar-refractivity contribution in [2.24, 2.45) is 28.7 Å². The number of aliphatic carboxylic acids is 2. The third kappa shape index (κ3) is 7.19. The molecule has 0 aromatic rings. The quantitative estimate of drug-likeness (QED) is 0.605. The number of likely N-dealkylation sites (tertiary alicyclic amines) is 1. The van der Waals surface area contributed by atoms with Gasteiger partial charge in [-0.3, -0.25) is 9.89 Å². The van der Waals surface area contributed by atoms with Crippen LogP contribution in [0.4, 0.5) is 0 Å². The van der Waals surface area contributed by atoms with Crippen LogP contribution in [-0.2, 0) is 19.4 Å². The normalized spacial score (nSPS) is 31.3. The first-order chi connectivity index (χ1) is 14.0. The molecule has 2 fully saturated rings. The maximum atomic E-state index is 11.6. The van der Waals surface area contributed by atoms with Crippen LogP contribution >= 0.6 is 0 Å². The summed E-state index contributed by atoms with van der Waals surface area (Å²) in [6.07, 6.45) is 8.58. The average Bonchev–Trinajstić information content (AvgIpc) is 3.00. The summed E-state index contributed by atoms with van der Waals surface area (Å²) in [7, 11) is -2.92. The molecule has 1 aliphatic carbocycles. The molecule has 2 aliphatic heterocycles. The Morgan fingerprint density at radius 1 is 1.17 bits per heavy atom. The van der Waals surface area contributed by atoms with Crippen molar-refractivity contribution in [3.8, 4) is 0 Å². The van der Waals surface area contributed by atoms with Crippen LogP contribution in [-0.4, -0.2) is 72.4 Å². The highest BCUT2D eigenvalue weighted by atomic mass is 32.2. The summed E-state index contributed by atoms with van der Waals surface area (Å²) in [6.45, 7) is 6.42. The molecule has 0 aromatic carbocycles. The Bertz CT molecular complexity index is 775. The highest BCUT2D eigenvalue weighted by Gasteiger charge is 2.47. The molecule has 3 aliphatic rings. The lowest BCUT2D eigenvalue weighted by atomic mass is 9.63. The lowest BCUT2D eigenvalue weighted by Crippen LogP contribution is -2.42. The largest absolute Gasteiger partial charge is 0.478 e. The number of hydrogen-bond donors (Lipinski definition) is 2. The van der Waals surface area contributed by atoms with Crippen LogP contribution in [0.25, 0.3) is 0 Å². The van der Waals surface area contributed by atoms with E-state index in [0.717, 1.165) is 25.4 Å². The minimum Gasteiger partial charge on any atom is -0.478 e. The molecule has 0 bridgehead atoms. The van der Waals surface area contributed by atoms with Crippen LogP contribution in [0, 0.1) is 23.7 Å². The molecule has 30 heavy (non-hydrogen) atoms. The van der Waals surface area contributed by atoms with Gasteiger partial charge >= 0.3 is 11.9 Å². The minimum absolute atomic E-state index is 0.229. The topological polar surface area (TPSA) is 124 Å². The fraction of sp³-hybridized carbons (Fsp3) is 0.762. The molecule has 2 N–H and O–H groups in total. The van der Waals surface area contributed by atoms with E-state index in [1.807, 2.05) is 0 Å². The van der Waals surface area contributed by atoms with Gasteiger partial charge in [0, 0.05) is 49.2 Å². The van der Waals surface area contributed by atoms with Crippen LogP contribution < -0.4 is 0 Å². The van der Waals surface area contributed by atoms with E-state index in [0.29, 0.717) is 35.9 Å². The number of nitrogens with zero attached hydrogens (tertiary/aromatic N) is 2. The average molecular weight is 443 g/mol. The van der Waals surface area contributed by atoms with E-state index in [1.54, 1.807) is 0 Å². The number of hydrogen-bond acceptors (Lipinski definition) is 6. The van der Waals surface area contributed by atoms with Crippen molar-refractivity contribution >= 4 is 27.5 Å². The van der Waals surface area contributed by atoms with E-state index in [9.17, 15) is 18.0 Å². The van der Waals surface area contributed by atoms with Crippen LogP contribution in [0.1, 0.15) is 46.0 Å². The monoisotopic (exact) mass is 442 g/mol. The molecule has 3 rings (SSSR count). The van der Waals surface area contributed by atoms with Gasteiger partial charge in [-0.2, -0.15) is 0 Å². The van der Waals surface area contributed by atoms with E-state index in [2.05, 4.69) is 18.7 Å². The molecule has 0 aromatic heterocycles. The summed E-state index contributed by atoms with van der Waals surface area (Å²) >= 11 is 0. The molecule has 9 heteroatoms. The van der Waals surface area contributed by atoms with Gasteiger partial charge in [0.1, 0.15) is 5.88 Å². The van der Waals surface area contributed by atoms with Crippen LogP contribution in [0.3, 0.4) is 0 Å². The number of carboxylic acids is 2. The van der Waals surface area contributed by atoms with Crippen molar-refractivity contribution in [3.63, 3.8) is 0 Å². The molecule has 0 spiro atoms. The number of aliphatic imine (C=N–C) groups is 1. The second-order valence-electron chi connectivity index (χ2n) is 8.83. The van der Waals surface area contributed by atoms with Gasteiger partial charge in [0.15, 0.2) is 9.84 Å². The van der Waals surface area contributed by atoms with Gasteiger partial charge < -0.3 is 10.2 Å². The zero-order valence-corrected chi connectivity index (χ0v) is 18.8. The van der Waals surface area contributed by atoms with E-state index in [4.69, 9.17) is 15.2 Å². The first kappa shape index (κ1) is 24.5. The van der Waals surface area contributed by atoms with Crippen molar-refractivity contribution in [3.05, 3.63) is 12.2 Å². The molecule has 170 valence electrons. The van der Waals surface area contributed by atoms with Gasteiger partial charge in [0.05, 0.1) is 0 Å². The summed E-state index contributed by atoms with van der Waals surface area (Å²) in [5.74, 6) is 0.416. The lowest BCUT2D eigenvalue weighted by Gasteiger charge is -2.43. The zero-order valence-electron chi connectivity index (χ0n) is 18.0. The Hall–Kier alpha value is -1.74. The molecule has 0 radical (unpaired) electrons. The van der Waals surface area contributed by atoms with E-state index < -0.39 is 21.8 Å². The Morgan fingerprint density at radius 2 is 1.80 bits per heavy atom. The smallest absolute Gasteiger partial charge is 0.328 e. The zero-order chi connectivity index (χ0) is 22.5. The second kappa shape index (κ2) is 10.5. The van der Waals surface area contributed by atoms with Gasteiger partial charge in [-0.05, 0) is 50.4 Å². The van der Waals surface area contributed by atoms with E-state index in [1.165, 1.54) is 37.7 Å². The number of fused-ring (bicyclic) bond motifs is 2. The first-order valence-electron chi connectivity index (χ1n) is 10.6. The van der Waals surface area contributed by atoms with Crippen molar-refractivity contribution in [2.45, 2.75) is 52.0 Å². The van der Waals surface area contributed by atoms with Crippen LogP contribution in [0.2, 0.25) is 0 Å². The van der Waals surface area contributed by atoms with Crippen LogP contribution in [0.5, 0.6) is 0 Å². The fourth-order valence-electron chi connectivity index (χ4n) is 5.28. The molecule has 0 amide bonds. The molecular formula is C21H34N2O6S. The highest BCUT2D eigenvalue weighted by Crippen LogP contribution is 2.47. The first-order valence-corrected chi connectivity index (χ1v) is 12.7. The van der Waals surface area contributed by atoms with Crippen molar-refractivity contribution in [2.75, 3.05) is 25.2 Å². The van der Waals surface area contributed by atoms with Gasteiger partial charge in [-0.25, -0.2) is 18.0 Å². The maximum absolute atomic E-state index is 11.6. The van der Waals surface area contributed by atoms with Crippen molar-refractivity contribution in [1.82, 2.24) is 4.90 Å². The van der Waals surface area contributed by atoms with E-state index >= 15 is 0 Å². The Balaban J connectivity index is 0.000000343. The third-order valence-electron chi connectivity index (χ3n) is 6.22. The van der Waals surface area contributed by atoms with Crippen molar-refractivity contribution in [1.29, 1.82) is 0 Å². The third-order valence-corrected chi connectivity index (χ3v) is 7.06. The molecule has 5 unspecified atom stereocenters. The number of sulfone groups is 1. The number of rotatable bonds is 6. The lowest BCUT2D eigenvalue weighted by molar-refractivity contribution is -0.134. The molecule has 1 saturated heterocycles. The van der Waals surface area contributed by atoms with E-state index in [-0.39, 0.29) is 5.88 Å². The highest BCUT2D eigenvalue weighted by molar-refractivity contribution is 7.90. The number of carboxylic acid groups (broad SMARTS) is 2. The maximum Gasteiger partial charge on any atom is 0.328 e. The predicted molar refractivity (Wildman–Crippen MR) is 115 cm³/mol. The minimum atomic E-state index is -2.92. The van der Waals surface area contributed by atoms with Crippen LogP contribution in [0.15, 0.2) is 17.1 Å². The summed E-state index contributed by atoms with van der Waals surface area (Å²) < 4.78 is 23.3. The Morgan fingerprint density at radius 3 is 2.33 bits per heavy atom. The number of carbonyl (C=O) groups is 2. The van der Waals surface area contributed by atoms with Gasteiger partial charge in [0.25, 0.3) is 0 Å². The predicted octanol–water partition coefficient (Wildman–Crippen LogP) is 2.31. The Labute approximate surface area is 179 Å². The van der Waals surface area contributed by atoms with Crippen molar-refractivity contribution < 1.29 is 28.2 Å². The molecule has 8 nitrogen and oxygen atoms in total. The second-order valence-corrected chi connectivity index (χ2v) is 10.9. The van der Waals surface area contributed by atoms with Gasteiger partial charge in [-0.15, -0.1) is 0 Å². The molecular weight excluding hydrogens is 408 g/mol. The summed E-state index contributed by atoms with van der Waals surface area (Å²) in [6, 6.07) is 0.485. The summed E-state index contributed by atoms with van der Waals surface area (Å²) in [5.41, 5.74) is 1.46. The fourth-order valence-corrected chi connectivity index (χ4v) is 6.16. The molecule has 1 saturated carbocycles. The van der Waals surface area contributed by atoms with Gasteiger partial charge in [0.2, 0.25) is 0 Å². The molecule has 5 atom stereocenters.